The van der Waals surface area contributed by atoms with Crippen LogP contribution in [0, 0.1) is 11.7 Å². The Kier molecular flexibility index (Phi) is 4.71. The molecule has 1 heterocycles. The lowest BCUT2D eigenvalue weighted by Crippen LogP contribution is -2.41. The zero-order chi connectivity index (χ0) is 14.5. The van der Waals surface area contributed by atoms with Crippen molar-refractivity contribution < 1.29 is 18.7 Å². The fourth-order valence-corrected chi connectivity index (χ4v) is 2.34. The summed E-state index contributed by atoms with van der Waals surface area (Å²) in [6.45, 7) is 3.14. The monoisotopic (exact) mass is 279 g/mol. The Hall–Kier alpha value is -1.91. The molecular formula is C15H18FNO3. The van der Waals surface area contributed by atoms with Gasteiger partial charge in [-0.2, -0.15) is 0 Å². The molecule has 1 aliphatic heterocycles. The van der Waals surface area contributed by atoms with E-state index >= 15 is 0 Å². The maximum Gasteiger partial charge on any atom is 0.341 e. The van der Waals surface area contributed by atoms with Gasteiger partial charge in [0.05, 0.1) is 5.56 Å². The van der Waals surface area contributed by atoms with E-state index in [1.54, 1.807) is 11.0 Å². The van der Waals surface area contributed by atoms with Gasteiger partial charge < -0.3 is 9.64 Å². The normalized spacial score (nSPS) is 18.7. The second-order valence-electron chi connectivity index (χ2n) is 5.14. The number of ether oxygens (including phenoxy) is 1. The Labute approximate surface area is 117 Å². The molecule has 0 bridgehead atoms. The number of nitrogens with zero attached hydrogens (tertiary/aromatic N) is 1. The van der Waals surface area contributed by atoms with Crippen molar-refractivity contribution in [1.82, 2.24) is 4.90 Å². The summed E-state index contributed by atoms with van der Waals surface area (Å²) in [5, 5.41) is 0. The second kappa shape index (κ2) is 6.50. The van der Waals surface area contributed by atoms with E-state index in [9.17, 15) is 14.0 Å². The van der Waals surface area contributed by atoms with E-state index in [1.807, 2.05) is 0 Å². The first-order valence-corrected chi connectivity index (χ1v) is 6.77. The summed E-state index contributed by atoms with van der Waals surface area (Å²) in [5.74, 6) is -1.20. The fraction of sp³-hybridized carbons (Fsp3) is 0.467. The average Bonchev–Trinajstić information content (AvgIpc) is 2.45. The maximum absolute atomic E-state index is 13.4. The van der Waals surface area contributed by atoms with Gasteiger partial charge in [-0.1, -0.05) is 19.1 Å². The van der Waals surface area contributed by atoms with Crippen LogP contribution in [0.1, 0.15) is 30.1 Å². The molecule has 1 unspecified atom stereocenters. The number of piperidine rings is 1. The molecule has 4 nitrogen and oxygen atoms in total. The molecule has 1 aromatic carbocycles. The van der Waals surface area contributed by atoms with Crippen molar-refractivity contribution in [2.24, 2.45) is 5.92 Å². The van der Waals surface area contributed by atoms with Crippen molar-refractivity contribution in [3.8, 4) is 0 Å². The minimum atomic E-state index is -0.804. The van der Waals surface area contributed by atoms with E-state index in [2.05, 4.69) is 6.92 Å². The van der Waals surface area contributed by atoms with Crippen molar-refractivity contribution in [3.05, 3.63) is 35.6 Å². The number of hydrogen-bond donors (Lipinski definition) is 0. The molecule has 108 valence electrons. The Balaban J connectivity index is 1.87. The van der Waals surface area contributed by atoms with Gasteiger partial charge in [-0.3, -0.25) is 4.79 Å². The molecule has 0 aliphatic carbocycles. The molecule has 1 aromatic rings. The quantitative estimate of drug-likeness (QED) is 0.797. The smallest absolute Gasteiger partial charge is 0.341 e. The molecule has 0 aromatic heterocycles. The van der Waals surface area contributed by atoms with Gasteiger partial charge in [0.25, 0.3) is 5.91 Å². The van der Waals surface area contributed by atoms with Gasteiger partial charge in [0, 0.05) is 13.1 Å². The van der Waals surface area contributed by atoms with E-state index < -0.39 is 11.8 Å². The summed E-state index contributed by atoms with van der Waals surface area (Å²) in [7, 11) is 0. The molecule has 1 amide bonds. The van der Waals surface area contributed by atoms with Crippen molar-refractivity contribution in [1.29, 1.82) is 0 Å². The molecule has 5 heteroatoms. The number of carbonyl (C=O) groups excluding carboxylic acids is 2. The topological polar surface area (TPSA) is 46.6 Å². The predicted molar refractivity (Wildman–Crippen MR) is 71.7 cm³/mol. The second-order valence-corrected chi connectivity index (χ2v) is 5.14. The highest BCUT2D eigenvalue weighted by Gasteiger charge is 2.22. The van der Waals surface area contributed by atoms with Gasteiger partial charge >= 0.3 is 5.97 Å². The van der Waals surface area contributed by atoms with Crippen molar-refractivity contribution in [3.63, 3.8) is 0 Å². The third-order valence-electron chi connectivity index (χ3n) is 3.43. The van der Waals surface area contributed by atoms with E-state index in [0.717, 1.165) is 12.8 Å². The Morgan fingerprint density at radius 1 is 1.40 bits per heavy atom. The SMILES string of the molecule is CC1CCCN(C(=O)COC(=O)c2ccccc2F)C1. The number of carbonyl (C=O) groups is 2. The van der Waals surface area contributed by atoms with Crippen LogP contribution in [0.25, 0.3) is 0 Å². The van der Waals surface area contributed by atoms with E-state index in [0.29, 0.717) is 19.0 Å². The molecule has 1 aliphatic rings. The van der Waals surface area contributed by atoms with Crippen LogP contribution in [-0.4, -0.2) is 36.5 Å². The van der Waals surface area contributed by atoms with E-state index in [4.69, 9.17) is 4.74 Å². The van der Waals surface area contributed by atoms with Gasteiger partial charge in [0.2, 0.25) is 0 Å². The van der Waals surface area contributed by atoms with Crippen LogP contribution in [0.4, 0.5) is 4.39 Å². The van der Waals surface area contributed by atoms with Crippen LogP contribution in [0.3, 0.4) is 0 Å². The van der Waals surface area contributed by atoms with Crippen LogP contribution in [0.15, 0.2) is 24.3 Å². The van der Waals surface area contributed by atoms with E-state index in [1.165, 1.54) is 18.2 Å². The van der Waals surface area contributed by atoms with Gasteiger partial charge in [-0.25, -0.2) is 9.18 Å². The maximum atomic E-state index is 13.4. The Morgan fingerprint density at radius 2 is 2.15 bits per heavy atom. The number of halogens is 1. The van der Waals surface area contributed by atoms with Gasteiger partial charge in [-0.15, -0.1) is 0 Å². The van der Waals surface area contributed by atoms with E-state index in [-0.39, 0.29) is 18.1 Å². The fourth-order valence-electron chi connectivity index (χ4n) is 2.34. The van der Waals surface area contributed by atoms with Crippen LogP contribution >= 0.6 is 0 Å². The van der Waals surface area contributed by atoms with Crippen molar-refractivity contribution in [2.75, 3.05) is 19.7 Å². The molecule has 0 spiro atoms. The first-order valence-electron chi connectivity index (χ1n) is 6.77. The van der Waals surface area contributed by atoms with Crippen LogP contribution in [0.2, 0.25) is 0 Å². The minimum Gasteiger partial charge on any atom is -0.452 e. The molecular weight excluding hydrogens is 261 g/mol. The molecule has 1 saturated heterocycles. The lowest BCUT2D eigenvalue weighted by Gasteiger charge is -2.30. The Bertz CT molecular complexity index is 504. The summed E-state index contributed by atoms with van der Waals surface area (Å²) in [6, 6.07) is 5.57. The number of hydrogen-bond acceptors (Lipinski definition) is 3. The minimum absolute atomic E-state index is 0.146. The number of amides is 1. The first-order chi connectivity index (χ1) is 9.58. The highest BCUT2D eigenvalue weighted by Crippen LogP contribution is 2.15. The van der Waals surface area contributed by atoms with Crippen molar-refractivity contribution in [2.45, 2.75) is 19.8 Å². The van der Waals surface area contributed by atoms with Crippen LogP contribution in [-0.2, 0) is 9.53 Å². The van der Waals surface area contributed by atoms with Crippen molar-refractivity contribution >= 4 is 11.9 Å². The van der Waals surface area contributed by atoms with Gasteiger partial charge in [-0.05, 0) is 30.9 Å². The van der Waals surface area contributed by atoms with Crippen LogP contribution in [0.5, 0.6) is 0 Å². The standard InChI is InChI=1S/C15H18FNO3/c1-11-5-4-8-17(9-11)14(18)10-20-15(19)12-6-2-3-7-13(12)16/h2-3,6-7,11H,4-5,8-10H2,1H3. The first kappa shape index (κ1) is 14.5. The largest absolute Gasteiger partial charge is 0.452 e. The summed E-state index contributed by atoms with van der Waals surface area (Å²) in [5.41, 5.74) is -0.146. The highest BCUT2D eigenvalue weighted by molar-refractivity contribution is 5.91. The van der Waals surface area contributed by atoms with Crippen LogP contribution < -0.4 is 0 Å². The average molecular weight is 279 g/mol. The van der Waals surface area contributed by atoms with Gasteiger partial charge in [0.1, 0.15) is 5.82 Å². The summed E-state index contributed by atoms with van der Waals surface area (Å²) in [4.78, 5) is 25.3. The summed E-state index contributed by atoms with van der Waals surface area (Å²) in [6.07, 6.45) is 2.08. The zero-order valence-electron chi connectivity index (χ0n) is 11.5. The molecule has 0 N–H and O–H groups in total. The molecule has 1 atom stereocenters. The number of likely N-dealkylation sites (tertiary alicyclic amines) is 1. The summed E-state index contributed by atoms with van der Waals surface area (Å²) >= 11 is 0. The van der Waals surface area contributed by atoms with Gasteiger partial charge in [0.15, 0.2) is 6.61 Å². The third-order valence-corrected chi connectivity index (χ3v) is 3.43. The number of esters is 1. The molecule has 1 fully saturated rings. The molecule has 20 heavy (non-hydrogen) atoms. The summed E-state index contributed by atoms with van der Waals surface area (Å²) < 4.78 is 18.3. The molecule has 2 rings (SSSR count). The number of benzene rings is 1. The molecule has 0 radical (unpaired) electrons. The molecule has 0 saturated carbocycles. The Morgan fingerprint density at radius 3 is 2.85 bits per heavy atom. The number of rotatable bonds is 3. The highest BCUT2D eigenvalue weighted by atomic mass is 19.1. The lowest BCUT2D eigenvalue weighted by atomic mass is 10.0. The predicted octanol–water partition coefficient (Wildman–Crippen LogP) is 2.24. The lowest BCUT2D eigenvalue weighted by molar-refractivity contribution is -0.136. The third kappa shape index (κ3) is 3.56. The zero-order valence-corrected chi connectivity index (χ0v) is 11.5.